The third kappa shape index (κ3) is 3.90. The molecule has 136 valence electrons. The van der Waals surface area contributed by atoms with Gasteiger partial charge < -0.3 is 14.5 Å². The van der Waals surface area contributed by atoms with Gasteiger partial charge in [0.15, 0.2) is 0 Å². The van der Waals surface area contributed by atoms with Crippen LogP contribution in [0.1, 0.15) is 27.3 Å². The highest BCUT2D eigenvalue weighted by Gasteiger charge is 2.24. The smallest absolute Gasteiger partial charge is 0.274 e. The van der Waals surface area contributed by atoms with Crippen molar-refractivity contribution in [2.24, 2.45) is 0 Å². The van der Waals surface area contributed by atoms with Crippen LogP contribution in [-0.2, 0) is 0 Å². The van der Waals surface area contributed by atoms with E-state index in [0.29, 0.717) is 43.9 Å². The number of methoxy groups -OCH3 is 1. The number of carbonyl (C=O) groups is 2. The van der Waals surface area contributed by atoms with Gasteiger partial charge in [0.1, 0.15) is 11.4 Å². The van der Waals surface area contributed by atoms with Gasteiger partial charge in [-0.2, -0.15) is 5.10 Å². The average Bonchev–Trinajstić information content (AvgIpc) is 2.93. The fraction of sp³-hybridized carbons (Fsp3) is 0.333. The van der Waals surface area contributed by atoms with Crippen LogP contribution in [0.4, 0.5) is 0 Å². The molecule has 2 aromatic rings. The van der Waals surface area contributed by atoms with Crippen LogP contribution in [0, 0.1) is 0 Å². The highest BCUT2D eigenvalue weighted by molar-refractivity contribution is 5.95. The second-order valence-corrected chi connectivity index (χ2v) is 5.98. The summed E-state index contributed by atoms with van der Waals surface area (Å²) in [5.41, 5.74) is 0.399. The van der Waals surface area contributed by atoms with Gasteiger partial charge in [0.05, 0.1) is 7.11 Å². The van der Waals surface area contributed by atoms with Gasteiger partial charge in [0.25, 0.3) is 17.4 Å². The predicted octanol–water partition coefficient (Wildman–Crippen LogP) is 0.767. The van der Waals surface area contributed by atoms with Crippen LogP contribution in [0.5, 0.6) is 5.75 Å². The molecule has 0 unspecified atom stereocenters. The Morgan fingerprint density at radius 3 is 2.42 bits per heavy atom. The Hall–Kier alpha value is -3.16. The molecule has 1 aromatic heterocycles. The minimum absolute atomic E-state index is 0.0830. The van der Waals surface area contributed by atoms with Crippen molar-refractivity contribution in [3.8, 4) is 5.75 Å². The molecule has 0 spiro atoms. The summed E-state index contributed by atoms with van der Waals surface area (Å²) in [5, 5.41) is 6.05. The molecule has 2 heterocycles. The number of rotatable bonds is 3. The van der Waals surface area contributed by atoms with Gasteiger partial charge in [0, 0.05) is 37.8 Å². The van der Waals surface area contributed by atoms with Crippen LogP contribution >= 0.6 is 0 Å². The summed E-state index contributed by atoms with van der Waals surface area (Å²) in [6, 6.07) is 9.71. The van der Waals surface area contributed by atoms with Gasteiger partial charge in [-0.15, -0.1) is 0 Å². The van der Waals surface area contributed by atoms with E-state index in [0.717, 1.165) is 0 Å². The Morgan fingerprint density at radius 2 is 1.77 bits per heavy atom. The second kappa shape index (κ2) is 7.81. The van der Waals surface area contributed by atoms with E-state index in [9.17, 15) is 14.4 Å². The van der Waals surface area contributed by atoms with Gasteiger partial charge in [-0.25, -0.2) is 5.10 Å². The number of amides is 2. The maximum absolute atomic E-state index is 12.7. The molecule has 0 atom stereocenters. The van der Waals surface area contributed by atoms with E-state index in [1.807, 2.05) is 0 Å². The molecule has 1 N–H and O–H groups in total. The van der Waals surface area contributed by atoms with Gasteiger partial charge in [-0.05, 0) is 30.7 Å². The Kier molecular flexibility index (Phi) is 5.31. The number of ether oxygens (including phenoxy) is 1. The average molecular weight is 356 g/mol. The zero-order valence-electron chi connectivity index (χ0n) is 14.5. The van der Waals surface area contributed by atoms with Crippen molar-refractivity contribution in [3.05, 3.63) is 58.0 Å². The number of aromatic nitrogens is 2. The molecule has 8 heteroatoms. The van der Waals surface area contributed by atoms with Crippen molar-refractivity contribution in [1.29, 1.82) is 0 Å². The fourth-order valence-corrected chi connectivity index (χ4v) is 2.89. The van der Waals surface area contributed by atoms with Crippen molar-refractivity contribution < 1.29 is 14.3 Å². The standard InChI is InChI=1S/C18H20N4O4/c1-26-14-5-2-4-13(12-14)17(24)21-8-3-9-22(11-10-21)18(25)15-6-7-16(23)20-19-15/h2,4-7,12H,3,8-11H2,1H3,(H,20,23). The predicted molar refractivity (Wildman–Crippen MR) is 94.3 cm³/mol. The number of aromatic amines is 1. The van der Waals surface area contributed by atoms with Gasteiger partial charge in [0.2, 0.25) is 0 Å². The summed E-state index contributed by atoms with van der Waals surface area (Å²) in [6.45, 7) is 1.95. The number of hydrogen-bond donors (Lipinski definition) is 1. The maximum atomic E-state index is 12.7. The molecule has 0 aliphatic carbocycles. The number of benzene rings is 1. The number of H-pyrrole nitrogens is 1. The summed E-state index contributed by atoms with van der Waals surface area (Å²) in [6.07, 6.45) is 0.671. The van der Waals surface area contributed by atoms with Crippen LogP contribution in [0.25, 0.3) is 0 Å². The van der Waals surface area contributed by atoms with Gasteiger partial charge in [-0.1, -0.05) is 6.07 Å². The zero-order chi connectivity index (χ0) is 18.5. The van der Waals surface area contributed by atoms with E-state index < -0.39 is 0 Å². The third-order valence-electron chi connectivity index (χ3n) is 4.29. The van der Waals surface area contributed by atoms with Crippen LogP contribution in [-0.4, -0.2) is 65.1 Å². The second-order valence-electron chi connectivity index (χ2n) is 5.98. The topological polar surface area (TPSA) is 95.6 Å². The molecule has 0 saturated carbocycles. The lowest BCUT2D eigenvalue weighted by molar-refractivity contribution is 0.0715. The van der Waals surface area contributed by atoms with E-state index in [4.69, 9.17) is 4.74 Å². The summed E-state index contributed by atoms with van der Waals surface area (Å²) >= 11 is 0. The summed E-state index contributed by atoms with van der Waals surface area (Å²) in [5.74, 6) is 0.295. The minimum atomic E-state index is -0.354. The molecule has 0 radical (unpaired) electrons. The number of nitrogens with zero attached hydrogens (tertiary/aromatic N) is 3. The lowest BCUT2D eigenvalue weighted by Gasteiger charge is -2.22. The molecule has 0 bridgehead atoms. The molecule has 1 aromatic carbocycles. The van der Waals surface area contributed by atoms with E-state index in [1.54, 1.807) is 41.2 Å². The first-order valence-electron chi connectivity index (χ1n) is 8.37. The number of nitrogens with one attached hydrogen (secondary N) is 1. The molecular formula is C18H20N4O4. The molecule has 1 saturated heterocycles. The molecule has 26 heavy (non-hydrogen) atoms. The quantitative estimate of drug-likeness (QED) is 0.876. The molecule has 1 fully saturated rings. The summed E-state index contributed by atoms with van der Waals surface area (Å²) in [7, 11) is 1.56. The first-order chi connectivity index (χ1) is 12.6. The molecule has 1 aliphatic heterocycles. The van der Waals surface area contributed by atoms with E-state index in [2.05, 4.69) is 10.2 Å². The zero-order valence-corrected chi connectivity index (χ0v) is 14.5. The lowest BCUT2D eigenvalue weighted by atomic mass is 10.2. The Bertz CT molecular complexity index is 844. The van der Waals surface area contributed by atoms with Crippen LogP contribution in [0.15, 0.2) is 41.2 Å². The van der Waals surface area contributed by atoms with Crippen molar-refractivity contribution in [2.75, 3.05) is 33.3 Å². The Labute approximate surface area is 150 Å². The van der Waals surface area contributed by atoms with E-state index in [1.165, 1.54) is 12.1 Å². The van der Waals surface area contributed by atoms with Crippen molar-refractivity contribution in [2.45, 2.75) is 6.42 Å². The van der Waals surface area contributed by atoms with Crippen LogP contribution in [0.3, 0.4) is 0 Å². The summed E-state index contributed by atoms with van der Waals surface area (Å²) in [4.78, 5) is 39.7. The SMILES string of the molecule is COc1cccc(C(=O)N2CCCN(C(=O)c3ccc(=O)[nH]n3)CC2)c1. The van der Waals surface area contributed by atoms with Crippen molar-refractivity contribution in [1.82, 2.24) is 20.0 Å². The normalized spacial score (nSPS) is 14.7. The fourth-order valence-electron chi connectivity index (χ4n) is 2.89. The summed E-state index contributed by atoms with van der Waals surface area (Å²) < 4.78 is 5.17. The van der Waals surface area contributed by atoms with E-state index >= 15 is 0 Å². The number of carbonyl (C=O) groups excluding carboxylic acids is 2. The van der Waals surface area contributed by atoms with E-state index in [-0.39, 0.29) is 23.1 Å². The molecule has 8 nitrogen and oxygen atoms in total. The monoisotopic (exact) mass is 356 g/mol. The van der Waals surface area contributed by atoms with Gasteiger partial charge in [-0.3, -0.25) is 14.4 Å². The molecule has 1 aliphatic rings. The highest BCUT2D eigenvalue weighted by atomic mass is 16.5. The van der Waals surface area contributed by atoms with Crippen LogP contribution < -0.4 is 10.3 Å². The largest absolute Gasteiger partial charge is 0.497 e. The first kappa shape index (κ1) is 17.7. The van der Waals surface area contributed by atoms with Crippen molar-refractivity contribution >= 4 is 11.8 Å². The molecule has 3 rings (SSSR count). The third-order valence-corrected chi connectivity index (χ3v) is 4.29. The first-order valence-corrected chi connectivity index (χ1v) is 8.37. The minimum Gasteiger partial charge on any atom is -0.497 e. The maximum Gasteiger partial charge on any atom is 0.274 e. The number of hydrogen-bond acceptors (Lipinski definition) is 5. The van der Waals surface area contributed by atoms with Gasteiger partial charge >= 0.3 is 0 Å². The van der Waals surface area contributed by atoms with Crippen molar-refractivity contribution in [3.63, 3.8) is 0 Å². The molecular weight excluding hydrogens is 336 g/mol. The van der Waals surface area contributed by atoms with Crippen LogP contribution in [0.2, 0.25) is 0 Å². The lowest BCUT2D eigenvalue weighted by Crippen LogP contribution is -2.37. The Balaban J connectivity index is 1.67. The highest BCUT2D eigenvalue weighted by Crippen LogP contribution is 2.16. The Morgan fingerprint density at radius 1 is 1.04 bits per heavy atom. The molecule has 2 amide bonds.